The van der Waals surface area contributed by atoms with Crippen LogP contribution < -0.4 is 4.90 Å². The Morgan fingerprint density at radius 3 is 1.71 bits per heavy atom. The number of benzene rings is 8. The van der Waals surface area contributed by atoms with Crippen molar-refractivity contribution in [3.8, 4) is 22.3 Å². The van der Waals surface area contributed by atoms with Crippen LogP contribution in [-0.4, -0.2) is 0 Å². The summed E-state index contributed by atoms with van der Waals surface area (Å²) < 4.78 is 0. The molecule has 55 heavy (non-hydrogen) atoms. The van der Waals surface area contributed by atoms with E-state index in [0.29, 0.717) is 0 Å². The molecule has 0 unspecified atom stereocenters. The molecule has 0 atom stereocenters. The number of hydrogen-bond acceptors (Lipinski definition) is 1. The third kappa shape index (κ3) is 4.47. The van der Waals surface area contributed by atoms with Crippen LogP contribution in [0.2, 0.25) is 0 Å². The van der Waals surface area contributed by atoms with E-state index in [1.807, 2.05) is 0 Å². The molecule has 0 saturated heterocycles. The molecule has 0 amide bonds. The molecule has 3 aliphatic rings. The molecule has 0 fully saturated rings. The average Bonchev–Trinajstić information content (AvgIpc) is 3.46. The summed E-state index contributed by atoms with van der Waals surface area (Å²) in [7, 11) is 0. The lowest BCUT2D eigenvalue weighted by Gasteiger charge is -2.42. The average molecular weight is 706 g/mol. The van der Waals surface area contributed by atoms with Crippen LogP contribution >= 0.6 is 0 Å². The second-order valence-electron chi connectivity index (χ2n) is 16.7. The highest BCUT2D eigenvalue weighted by molar-refractivity contribution is 6.24. The van der Waals surface area contributed by atoms with Gasteiger partial charge in [0, 0.05) is 16.5 Å². The Balaban J connectivity index is 1.19. The highest BCUT2D eigenvalue weighted by atomic mass is 15.2. The molecule has 1 heterocycles. The van der Waals surface area contributed by atoms with Crippen molar-refractivity contribution in [3.63, 3.8) is 0 Å². The van der Waals surface area contributed by atoms with Crippen LogP contribution in [0.15, 0.2) is 169 Å². The molecule has 8 aromatic carbocycles. The van der Waals surface area contributed by atoms with Crippen LogP contribution in [0.4, 0.5) is 17.1 Å². The number of nitrogens with zero attached hydrogens (tertiary/aromatic N) is 1. The van der Waals surface area contributed by atoms with Gasteiger partial charge in [0.1, 0.15) is 0 Å². The Kier molecular flexibility index (Phi) is 6.84. The first-order valence-corrected chi connectivity index (χ1v) is 19.8. The first-order chi connectivity index (χ1) is 26.8. The molecule has 1 aliphatic heterocycles. The fraction of sp³-hybridized carbons (Fsp3) is 0.148. The second kappa shape index (κ2) is 11.7. The summed E-state index contributed by atoms with van der Waals surface area (Å²) in [6, 6.07) is 57.0. The van der Waals surface area contributed by atoms with Crippen LogP contribution in [0, 0.1) is 0 Å². The lowest BCUT2D eigenvalue weighted by Crippen LogP contribution is -2.30. The van der Waals surface area contributed by atoms with Crippen molar-refractivity contribution in [3.05, 3.63) is 192 Å². The standard InChI is InChI=1S/C54H43N/c1-53(2)44-27-15-14-26-42(44)52-37-21-9-8-20-36(37)43(33-47(52)53)51-40-24-12-10-22-38(40)50(39-23-11-13-25-41(39)51)34-30-31-49-46(32-34)54(3,4)45-28-16-17-29-48(45)55(49)35-18-6-5-7-19-35/h5-14,16-26,28-33H,15,27H2,1-4H3. The zero-order valence-corrected chi connectivity index (χ0v) is 31.9. The maximum atomic E-state index is 2.56. The van der Waals surface area contributed by atoms with Gasteiger partial charge in [-0.25, -0.2) is 0 Å². The van der Waals surface area contributed by atoms with Crippen molar-refractivity contribution in [2.45, 2.75) is 51.4 Å². The molecule has 1 heteroatoms. The third-order valence-corrected chi connectivity index (χ3v) is 13.1. The molecule has 2 aliphatic carbocycles. The number of allylic oxidation sites excluding steroid dienone is 4. The Morgan fingerprint density at radius 2 is 1.02 bits per heavy atom. The summed E-state index contributed by atoms with van der Waals surface area (Å²) in [5, 5.41) is 7.84. The molecule has 11 rings (SSSR count). The minimum Gasteiger partial charge on any atom is -0.310 e. The minimum absolute atomic E-state index is 0.0259. The summed E-state index contributed by atoms with van der Waals surface area (Å²) in [5.74, 6) is 0. The van der Waals surface area contributed by atoms with Gasteiger partial charge in [-0.15, -0.1) is 0 Å². The largest absolute Gasteiger partial charge is 0.310 e. The lowest BCUT2D eigenvalue weighted by atomic mass is 9.72. The van der Waals surface area contributed by atoms with Crippen LogP contribution in [0.1, 0.15) is 62.8 Å². The predicted octanol–water partition coefficient (Wildman–Crippen LogP) is 15.0. The van der Waals surface area contributed by atoms with Gasteiger partial charge >= 0.3 is 0 Å². The van der Waals surface area contributed by atoms with Gasteiger partial charge in [0.25, 0.3) is 0 Å². The van der Waals surface area contributed by atoms with Crippen molar-refractivity contribution in [1.29, 1.82) is 0 Å². The molecule has 0 aromatic heterocycles. The molecule has 1 nitrogen and oxygen atoms in total. The van der Waals surface area contributed by atoms with E-state index in [0.717, 1.165) is 12.8 Å². The number of rotatable bonds is 3. The van der Waals surface area contributed by atoms with E-state index < -0.39 is 0 Å². The Hall–Kier alpha value is -6.18. The first kappa shape index (κ1) is 32.3. The molecular weight excluding hydrogens is 663 g/mol. The minimum atomic E-state index is -0.197. The summed E-state index contributed by atoms with van der Waals surface area (Å²) in [4.78, 5) is 2.45. The van der Waals surface area contributed by atoms with E-state index in [2.05, 4.69) is 196 Å². The molecule has 0 radical (unpaired) electrons. The Morgan fingerprint density at radius 1 is 0.455 bits per heavy atom. The Labute approximate surface area is 323 Å². The van der Waals surface area contributed by atoms with Crippen molar-refractivity contribution < 1.29 is 0 Å². The zero-order valence-electron chi connectivity index (χ0n) is 31.9. The number of para-hydroxylation sites is 2. The fourth-order valence-electron chi connectivity index (χ4n) is 10.5. The first-order valence-electron chi connectivity index (χ1n) is 19.8. The van der Waals surface area contributed by atoms with Crippen molar-refractivity contribution in [2.24, 2.45) is 0 Å². The van der Waals surface area contributed by atoms with E-state index in [1.165, 1.54) is 99.5 Å². The van der Waals surface area contributed by atoms with Gasteiger partial charge in [0.05, 0.1) is 11.4 Å². The van der Waals surface area contributed by atoms with Crippen LogP contribution in [-0.2, 0) is 10.8 Å². The van der Waals surface area contributed by atoms with Crippen molar-refractivity contribution >= 4 is 55.0 Å². The fourth-order valence-corrected chi connectivity index (χ4v) is 10.5. The van der Waals surface area contributed by atoms with Gasteiger partial charge in [-0.3, -0.25) is 0 Å². The smallest absolute Gasteiger partial charge is 0.0503 e. The summed E-state index contributed by atoms with van der Waals surface area (Å²) >= 11 is 0. The van der Waals surface area contributed by atoms with Crippen molar-refractivity contribution in [1.82, 2.24) is 0 Å². The van der Waals surface area contributed by atoms with E-state index in [9.17, 15) is 0 Å². The highest BCUT2D eigenvalue weighted by Crippen LogP contribution is 2.56. The molecule has 8 aromatic rings. The molecule has 0 bridgehead atoms. The zero-order chi connectivity index (χ0) is 37.1. The monoisotopic (exact) mass is 705 g/mol. The summed E-state index contributed by atoms with van der Waals surface area (Å²) in [5.41, 5.74) is 17.2. The van der Waals surface area contributed by atoms with E-state index in [1.54, 1.807) is 5.57 Å². The van der Waals surface area contributed by atoms with Crippen LogP contribution in [0.3, 0.4) is 0 Å². The summed E-state index contributed by atoms with van der Waals surface area (Å²) in [6.45, 7) is 9.66. The molecule has 0 N–H and O–H groups in total. The maximum absolute atomic E-state index is 2.56. The quantitative estimate of drug-likeness (QED) is 0.165. The lowest BCUT2D eigenvalue weighted by molar-refractivity contribution is 0.608. The number of anilines is 3. The molecule has 0 saturated carbocycles. The topological polar surface area (TPSA) is 3.24 Å². The van der Waals surface area contributed by atoms with Gasteiger partial charge in [-0.2, -0.15) is 0 Å². The van der Waals surface area contributed by atoms with E-state index >= 15 is 0 Å². The maximum Gasteiger partial charge on any atom is 0.0503 e. The van der Waals surface area contributed by atoms with Crippen LogP contribution in [0.25, 0.3) is 60.1 Å². The van der Waals surface area contributed by atoms with Gasteiger partial charge in [0.15, 0.2) is 0 Å². The van der Waals surface area contributed by atoms with Gasteiger partial charge < -0.3 is 4.90 Å². The Bertz CT molecular complexity index is 2920. The van der Waals surface area contributed by atoms with Gasteiger partial charge in [-0.05, 0) is 132 Å². The predicted molar refractivity (Wildman–Crippen MR) is 235 cm³/mol. The van der Waals surface area contributed by atoms with Crippen molar-refractivity contribution in [2.75, 3.05) is 4.90 Å². The summed E-state index contributed by atoms with van der Waals surface area (Å²) in [6.07, 6.45) is 7.01. The highest BCUT2D eigenvalue weighted by Gasteiger charge is 2.40. The SMILES string of the molecule is CC1(C)C2=C(C=CCC2)c2c1cc(-c1c3ccccc3c(-c3ccc4c(c3)C(C)(C)c3ccccc3N4c3ccccc3)c3ccccc13)c1ccccc21. The molecule has 0 spiro atoms. The molecule has 264 valence electrons. The molecular formula is C54H43N. The van der Waals surface area contributed by atoms with E-state index in [-0.39, 0.29) is 10.8 Å². The van der Waals surface area contributed by atoms with Gasteiger partial charge in [-0.1, -0.05) is 161 Å². The van der Waals surface area contributed by atoms with E-state index in [4.69, 9.17) is 0 Å². The third-order valence-electron chi connectivity index (χ3n) is 13.1. The number of fused-ring (bicyclic) bond motifs is 8. The second-order valence-corrected chi connectivity index (χ2v) is 16.7. The van der Waals surface area contributed by atoms with Crippen LogP contribution in [0.5, 0.6) is 0 Å². The number of hydrogen-bond donors (Lipinski definition) is 0. The normalized spacial score (nSPS) is 16.3. The van der Waals surface area contributed by atoms with Gasteiger partial charge in [0.2, 0.25) is 0 Å².